The van der Waals surface area contributed by atoms with Crippen LogP contribution in [0.15, 0.2) is 18.2 Å². The number of rotatable bonds is 7. The van der Waals surface area contributed by atoms with Crippen LogP contribution in [0, 0.1) is 0 Å². The topological polar surface area (TPSA) is 50.4 Å². The first-order valence-electron chi connectivity index (χ1n) is 6.38. The van der Waals surface area contributed by atoms with Gasteiger partial charge in [-0.1, -0.05) is 17.7 Å². The lowest BCUT2D eigenvalue weighted by molar-refractivity contribution is -0.122. The summed E-state index contributed by atoms with van der Waals surface area (Å²) in [5.74, 6) is 0.714. The summed E-state index contributed by atoms with van der Waals surface area (Å²) >= 11 is 6.12. The van der Waals surface area contributed by atoms with Crippen LogP contribution in [0.1, 0.15) is 25.8 Å². The molecule has 0 aliphatic heterocycles. The van der Waals surface area contributed by atoms with Crippen LogP contribution in [0.3, 0.4) is 0 Å². The Morgan fingerprint density at radius 2 is 2.16 bits per heavy atom. The fraction of sp³-hybridized carbons (Fsp3) is 0.500. The zero-order valence-electron chi connectivity index (χ0n) is 11.6. The highest BCUT2D eigenvalue weighted by molar-refractivity contribution is 6.31. The number of carbonyl (C=O) groups is 1. The minimum absolute atomic E-state index is 0.00723. The number of benzene rings is 1. The average Bonchev–Trinajstić information content (AvgIpc) is 2.32. The van der Waals surface area contributed by atoms with Gasteiger partial charge in [0.1, 0.15) is 5.75 Å². The summed E-state index contributed by atoms with van der Waals surface area (Å²) in [7, 11) is 1.85. The third kappa shape index (κ3) is 5.49. The molecule has 0 atom stereocenters. The normalized spacial score (nSPS) is 10.6. The van der Waals surface area contributed by atoms with Crippen molar-refractivity contribution in [1.29, 1.82) is 0 Å². The molecule has 0 aliphatic carbocycles. The highest BCUT2D eigenvalue weighted by Gasteiger charge is 2.08. The van der Waals surface area contributed by atoms with E-state index in [1.807, 2.05) is 39.1 Å². The molecule has 1 aromatic carbocycles. The van der Waals surface area contributed by atoms with E-state index in [0.29, 0.717) is 24.6 Å². The van der Waals surface area contributed by atoms with Crippen molar-refractivity contribution < 1.29 is 9.53 Å². The van der Waals surface area contributed by atoms with E-state index in [1.165, 1.54) is 0 Å². The van der Waals surface area contributed by atoms with Crippen molar-refractivity contribution >= 4 is 17.5 Å². The standard InChI is InChI=1S/C14H21ClN2O2/c1-10(2)17-14(18)7-8-19-13-6-4-5-12(15)11(13)9-16-3/h4-6,10,16H,7-9H2,1-3H3,(H,17,18). The Bertz CT molecular complexity index is 422. The fourth-order valence-corrected chi connectivity index (χ4v) is 1.90. The van der Waals surface area contributed by atoms with Crippen LogP contribution in [-0.2, 0) is 11.3 Å². The first-order valence-corrected chi connectivity index (χ1v) is 6.76. The molecule has 1 rings (SSSR count). The molecule has 0 saturated heterocycles. The van der Waals surface area contributed by atoms with Gasteiger partial charge in [0.15, 0.2) is 0 Å². The molecule has 1 aromatic rings. The van der Waals surface area contributed by atoms with Gasteiger partial charge in [-0.15, -0.1) is 0 Å². The van der Waals surface area contributed by atoms with Crippen LogP contribution < -0.4 is 15.4 Å². The summed E-state index contributed by atoms with van der Waals surface area (Å²) in [5.41, 5.74) is 0.913. The molecule has 0 spiro atoms. The molecule has 0 bridgehead atoms. The number of amides is 1. The Morgan fingerprint density at radius 1 is 1.42 bits per heavy atom. The van der Waals surface area contributed by atoms with E-state index < -0.39 is 0 Å². The zero-order valence-corrected chi connectivity index (χ0v) is 12.4. The van der Waals surface area contributed by atoms with Gasteiger partial charge >= 0.3 is 0 Å². The van der Waals surface area contributed by atoms with Gasteiger partial charge in [0.2, 0.25) is 5.91 Å². The minimum Gasteiger partial charge on any atom is -0.493 e. The SMILES string of the molecule is CNCc1c(Cl)cccc1OCCC(=O)NC(C)C. The Hall–Kier alpha value is -1.26. The second-order valence-corrected chi connectivity index (χ2v) is 4.97. The maximum atomic E-state index is 11.5. The van der Waals surface area contributed by atoms with Gasteiger partial charge < -0.3 is 15.4 Å². The Labute approximate surface area is 119 Å². The van der Waals surface area contributed by atoms with Crippen molar-refractivity contribution in [3.63, 3.8) is 0 Å². The summed E-state index contributed by atoms with van der Waals surface area (Å²) in [6.07, 6.45) is 0.337. The second-order valence-electron chi connectivity index (χ2n) is 4.57. The molecule has 5 heteroatoms. The van der Waals surface area contributed by atoms with Crippen molar-refractivity contribution in [2.24, 2.45) is 0 Å². The third-order valence-electron chi connectivity index (χ3n) is 2.47. The molecule has 0 heterocycles. The molecule has 19 heavy (non-hydrogen) atoms. The van der Waals surface area contributed by atoms with E-state index in [0.717, 1.165) is 11.3 Å². The Balaban J connectivity index is 2.53. The highest BCUT2D eigenvalue weighted by atomic mass is 35.5. The molecule has 2 N–H and O–H groups in total. The Kier molecular flexibility index (Phi) is 6.67. The van der Waals surface area contributed by atoms with Gasteiger partial charge in [0.25, 0.3) is 0 Å². The molecule has 0 aliphatic rings. The van der Waals surface area contributed by atoms with Crippen LogP contribution in [-0.4, -0.2) is 25.6 Å². The van der Waals surface area contributed by atoms with Crippen LogP contribution >= 0.6 is 11.6 Å². The number of hydrogen-bond donors (Lipinski definition) is 2. The highest BCUT2D eigenvalue weighted by Crippen LogP contribution is 2.26. The van der Waals surface area contributed by atoms with Gasteiger partial charge in [0.05, 0.1) is 13.0 Å². The van der Waals surface area contributed by atoms with E-state index >= 15 is 0 Å². The van der Waals surface area contributed by atoms with E-state index in [4.69, 9.17) is 16.3 Å². The van der Waals surface area contributed by atoms with Gasteiger partial charge in [-0.05, 0) is 33.0 Å². The van der Waals surface area contributed by atoms with E-state index in [-0.39, 0.29) is 11.9 Å². The minimum atomic E-state index is -0.00723. The van der Waals surface area contributed by atoms with Crippen molar-refractivity contribution in [1.82, 2.24) is 10.6 Å². The van der Waals surface area contributed by atoms with Crippen molar-refractivity contribution in [2.75, 3.05) is 13.7 Å². The summed E-state index contributed by atoms with van der Waals surface area (Å²) in [5, 5.41) is 6.53. The molecule has 106 valence electrons. The number of ether oxygens (including phenoxy) is 1. The molecule has 0 fully saturated rings. The molecule has 0 aromatic heterocycles. The van der Waals surface area contributed by atoms with Crippen LogP contribution in [0.25, 0.3) is 0 Å². The predicted octanol–water partition coefficient (Wildman–Crippen LogP) is 2.35. The Morgan fingerprint density at radius 3 is 2.79 bits per heavy atom. The summed E-state index contributed by atoms with van der Waals surface area (Å²) < 4.78 is 5.64. The number of hydrogen-bond acceptors (Lipinski definition) is 3. The second kappa shape index (κ2) is 8.02. The predicted molar refractivity (Wildman–Crippen MR) is 77.6 cm³/mol. The van der Waals surface area contributed by atoms with E-state index in [9.17, 15) is 4.79 Å². The summed E-state index contributed by atoms with van der Waals surface area (Å²) in [4.78, 5) is 11.5. The van der Waals surface area contributed by atoms with Gasteiger partial charge in [-0.3, -0.25) is 4.79 Å². The van der Waals surface area contributed by atoms with Crippen molar-refractivity contribution in [3.05, 3.63) is 28.8 Å². The molecule has 4 nitrogen and oxygen atoms in total. The molecular formula is C14H21ClN2O2. The lowest BCUT2D eigenvalue weighted by Crippen LogP contribution is -2.31. The fourth-order valence-electron chi connectivity index (χ4n) is 1.67. The third-order valence-corrected chi connectivity index (χ3v) is 2.82. The first-order chi connectivity index (χ1) is 9.04. The van der Waals surface area contributed by atoms with E-state index in [1.54, 1.807) is 0 Å². The monoisotopic (exact) mass is 284 g/mol. The smallest absolute Gasteiger partial charge is 0.223 e. The number of carbonyl (C=O) groups excluding carboxylic acids is 1. The van der Waals surface area contributed by atoms with Crippen LogP contribution in [0.2, 0.25) is 5.02 Å². The summed E-state index contributed by atoms with van der Waals surface area (Å²) in [6.45, 7) is 4.84. The lowest BCUT2D eigenvalue weighted by Gasteiger charge is -2.13. The van der Waals surface area contributed by atoms with Crippen molar-refractivity contribution in [3.8, 4) is 5.75 Å². The molecule has 0 radical (unpaired) electrons. The van der Waals surface area contributed by atoms with E-state index in [2.05, 4.69) is 10.6 Å². The average molecular weight is 285 g/mol. The van der Waals surface area contributed by atoms with Gasteiger partial charge in [-0.25, -0.2) is 0 Å². The number of nitrogens with one attached hydrogen (secondary N) is 2. The first kappa shape index (κ1) is 15.8. The molecule has 0 saturated carbocycles. The van der Waals surface area contributed by atoms with Gasteiger partial charge in [-0.2, -0.15) is 0 Å². The van der Waals surface area contributed by atoms with Gasteiger partial charge in [0, 0.05) is 23.2 Å². The molecule has 1 amide bonds. The van der Waals surface area contributed by atoms with Crippen molar-refractivity contribution in [2.45, 2.75) is 32.9 Å². The van der Waals surface area contributed by atoms with Crippen LogP contribution in [0.5, 0.6) is 5.75 Å². The summed E-state index contributed by atoms with van der Waals surface area (Å²) in [6, 6.07) is 5.68. The lowest BCUT2D eigenvalue weighted by atomic mass is 10.2. The quantitative estimate of drug-likeness (QED) is 0.808. The number of halogens is 1. The zero-order chi connectivity index (χ0) is 14.3. The maximum Gasteiger partial charge on any atom is 0.223 e. The maximum absolute atomic E-state index is 11.5. The molecular weight excluding hydrogens is 264 g/mol. The van der Waals surface area contributed by atoms with Crippen LogP contribution in [0.4, 0.5) is 0 Å². The largest absolute Gasteiger partial charge is 0.493 e. The molecule has 0 unspecified atom stereocenters.